The van der Waals surface area contributed by atoms with E-state index < -0.39 is 0 Å². The number of hydrogen-bond donors (Lipinski definition) is 1. The molecule has 0 radical (unpaired) electrons. The first-order valence-corrected chi connectivity index (χ1v) is 7.64. The fourth-order valence-electron chi connectivity index (χ4n) is 3.04. The zero-order valence-electron chi connectivity index (χ0n) is 12.4. The summed E-state index contributed by atoms with van der Waals surface area (Å²) in [4.78, 5) is 0. The first-order valence-electron chi connectivity index (χ1n) is 7.64. The second-order valence-corrected chi connectivity index (χ2v) is 5.93. The smallest absolute Gasteiger partial charge is 0.00761 e. The first kappa shape index (κ1) is 13.4. The van der Waals surface area contributed by atoms with Gasteiger partial charge in [0.1, 0.15) is 0 Å². The Morgan fingerprint density at radius 3 is 2.40 bits per heavy atom. The summed E-state index contributed by atoms with van der Waals surface area (Å²) in [6.45, 7) is 2.22. The minimum absolute atomic E-state index is 0.529. The molecule has 1 atom stereocenters. The highest BCUT2D eigenvalue weighted by Crippen LogP contribution is 2.28. The first-order chi connectivity index (χ1) is 9.76. The summed E-state index contributed by atoms with van der Waals surface area (Å²) in [6, 6.07) is 16.5. The molecule has 2 aromatic carbocycles. The number of nitrogens with one attached hydrogen (secondary N) is 1. The van der Waals surface area contributed by atoms with E-state index in [-0.39, 0.29) is 0 Å². The molecule has 0 bridgehead atoms. The summed E-state index contributed by atoms with van der Waals surface area (Å²) in [5.74, 6) is 0. The van der Waals surface area contributed by atoms with Crippen LogP contribution in [-0.2, 0) is 19.3 Å². The average Bonchev–Trinajstić information content (AvgIpc) is 2.95. The van der Waals surface area contributed by atoms with Crippen LogP contribution >= 0.6 is 0 Å². The highest BCUT2D eigenvalue weighted by Gasteiger charge is 2.11. The van der Waals surface area contributed by atoms with Crippen LogP contribution < -0.4 is 5.32 Å². The number of aryl methyl sites for hydroxylation is 2. The highest BCUT2D eigenvalue weighted by molar-refractivity contribution is 5.65. The van der Waals surface area contributed by atoms with E-state index in [0.717, 1.165) is 6.42 Å². The molecule has 0 fully saturated rings. The summed E-state index contributed by atoms with van der Waals surface area (Å²) in [7, 11) is 2.02. The zero-order valence-corrected chi connectivity index (χ0v) is 12.4. The van der Waals surface area contributed by atoms with Crippen LogP contribution in [0.3, 0.4) is 0 Å². The van der Waals surface area contributed by atoms with Crippen molar-refractivity contribution in [2.45, 2.75) is 38.6 Å². The van der Waals surface area contributed by atoms with Gasteiger partial charge in [-0.3, -0.25) is 0 Å². The Morgan fingerprint density at radius 1 is 0.950 bits per heavy atom. The van der Waals surface area contributed by atoms with Gasteiger partial charge < -0.3 is 5.32 Å². The van der Waals surface area contributed by atoms with E-state index in [2.05, 4.69) is 54.7 Å². The van der Waals surface area contributed by atoms with E-state index in [9.17, 15) is 0 Å². The number of likely N-dealkylation sites (N-methyl/N-ethyl adjacent to an activating group) is 1. The van der Waals surface area contributed by atoms with Gasteiger partial charge in [-0.15, -0.1) is 0 Å². The molecule has 1 N–H and O–H groups in total. The van der Waals surface area contributed by atoms with E-state index in [1.165, 1.54) is 36.0 Å². The lowest BCUT2D eigenvalue weighted by Gasteiger charge is -2.11. The minimum atomic E-state index is 0.529. The zero-order chi connectivity index (χ0) is 13.9. The summed E-state index contributed by atoms with van der Waals surface area (Å²) in [5.41, 5.74) is 7.19. The lowest BCUT2D eigenvalue weighted by atomic mass is 9.98. The van der Waals surface area contributed by atoms with Crippen molar-refractivity contribution in [1.82, 2.24) is 5.32 Å². The summed E-state index contributed by atoms with van der Waals surface area (Å²) >= 11 is 0. The maximum atomic E-state index is 3.29. The predicted molar refractivity (Wildman–Crippen MR) is 86.1 cm³/mol. The molecule has 3 rings (SSSR count). The third-order valence-electron chi connectivity index (χ3n) is 4.42. The Hall–Kier alpha value is -1.60. The normalized spacial score (nSPS) is 15.1. The molecule has 0 amide bonds. The molecule has 1 nitrogen and oxygen atoms in total. The molecular formula is C19H23N. The summed E-state index contributed by atoms with van der Waals surface area (Å²) in [6.07, 6.45) is 4.91. The highest BCUT2D eigenvalue weighted by atomic mass is 14.8. The fourth-order valence-corrected chi connectivity index (χ4v) is 3.04. The van der Waals surface area contributed by atoms with Crippen LogP contribution in [0.15, 0.2) is 42.5 Å². The second kappa shape index (κ2) is 5.80. The van der Waals surface area contributed by atoms with Gasteiger partial charge >= 0.3 is 0 Å². The van der Waals surface area contributed by atoms with Crippen molar-refractivity contribution in [2.75, 3.05) is 7.05 Å². The summed E-state index contributed by atoms with van der Waals surface area (Å²) in [5, 5.41) is 3.29. The van der Waals surface area contributed by atoms with Crippen molar-refractivity contribution in [3.05, 3.63) is 59.2 Å². The quantitative estimate of drug-likeness (QED) is 0.881. The van der Waals surface area contributed by atoms with Crippen molar-refractivity contribution in [3.63, 3.8) is 0 Å². The van der Waals surface area contributed by atoms with Gasteiger partial charge in [0.2, 0.25) is 0 Å². The fraction of sp³-hybridized carbons (Fsp3) is 0.368. The number of rotatable bonds is 4. The lowest BCUT2D eigenvalue weighted by molar-refractivity contribution is 0.608. The van der Waals surface area contributed by atoms with Crippen molar-refractivity contribution in [2.24, 2.45) is 0 Å². The van der Waals surface area contributed by atoms with Crippen molar-refractivity contribution < 1.29 is 0 Å². The topological polar surface area (TPSA) is 12.0 Å². The second-order valence-electron chi connectivity index (χ2n) is 5.93. The summed E-state index contributed by atoms with van der Waals surface area (Å²) < 4.78 is 0. The van der Waals surface area contributed by atoms with E-state index >= 15 is 0 Å². The molecule has 1 unspecified atom stereocenters. The maximum absolute atomic E-state index is 3.29. The van der Waals surface area contributed by atoms with Crippen molar-refractivity contribution in [1.29, 1.82) is 0 Å². The van der Waals surface area contributed by atoms with Crippen LogP contribution in [0.1, 0.15) is 30.0 Å². The van der Waals surface area contributed by atoms with Gasteiger partial charge in [-0.25, -0.2) is 0 Å². The molecule has 0 saturated carbocycles. The van der Waals surface area contributed by atoms with Crippen LogP contribution in [0.5, 0.6) is 0 Å². The van der Waals surface area contributed by atoms with E-state index in [1.807, 2.05) is 7.05 Å². The third kappa shape index (κ3) is 2.78. The van der Waals surface area contributed by atoms with E-state index in [4.69, 9.17) is 0 Å². The number of benzene rings is 2. The molecular weight excluding hydrogens is 242 g/mol. The lowest BCUT2D eigenvalue weighted by Crippen LogP contribution is -2.23. The van der Waals surface area contributed by atoms with Gasteiger partial charge in [0.15, 0.2) is 0 Å². The van der Waals surface area contributed by atoms with E-state index in [0.29, 0.717) is 6.04 Å². The largest absolute Gasteiger partial charge is 0.317 e. The van der Waals surface area contributed by atoms with Crippen molar-refractivity contribution in [3.8, 4) is 11.1 Å². The SMILES string of the molecule is CNC(C)Cc1ccc(-c2ccc3c(c2)CCC3)cc1. The molecule has 104 valence electrons. The van der Waals surface area contributed by atoms with Crippen molar-refractivity contribution >= 4 is 0 Å². The van der Waals surface area contributed by atoms with E-state index in [1.54, 1.807) is 11.1 Å². The molecule has 0 aliphatic heterocycles. The van der Waals surface area contributed by atoms with Gasteiger partial charge in [0.25, 0.3) is 0 Å². The third-order valence-corrected chi connectivity index (χ3v) is 4.42. The van der Waals surface area contributed by atoms with Crippen LogP contribution in [-0.4, -0.2) is 13.1 Å². The number of hydrogen-bond acceptors (Lipinski definition) is 1. The molecule has 0 spiro atoms. The molecule has 2 aromatic rings. The predicted octanol–water partition coefficient (Wildman–Crippen LogP) is 3.99. The van der Waals surface area contributed by atoms with Crippen LogP contribution in [0.25, 0.3) is 11.1 Å². The molecule has 1 aliphatic rings. The Labute approximate surface area is 122 Å². The molecule has 0 heterocycles. The Morgan fingerprint density at radius 2 is 1.65 bits per heavy atom. The average molecular weight is 265 g/mol. The minimum Gasteiger partial charge on any atom is -0.317 e. The van der Waals surface area contributed by atoms with Gasteiger partial charge in [-0.1, -0.05) is 42.5 Å². The van der Waals surface area contributed by atoms with Gasteiger partial charge in [0.05, 0.1) is 0 Å². The Kier molecular flexibility index (Phi) is 3.88. The molecule has 0 aromatic heterocycles. The molecule has 1 aliphatic carbocycles. The number of fused-ring (bicyclic) bond motifs is 1. The van der Waals surface area contributed by atoms with Gasteiger partial charge in [-0.05, 0) is 67.5 Å². The van der Waals surface area contributed by atoms with Gasteiger partial charge in [-0.2, -0.15) is 0 Å². The van der Waals surface area contributed by atoms with Gasteiger partial charge in [0, 0.05) is 6.04 Å². The van der Waals surface area contributed by atoms with Crippen LogP contribution in [0.4, 0.5) is 0 Å². The Balaban J connectivity index is 1.80. The monoisotopic (exact) mass is 265 g/mol. The molecule has 20 heavy (non-hydrogen) atoms. The standard InChI is InChI=1S/C19H23N/c1-14(20-2)12-15-6-8-17(9-7-15)19-11-10-16-4-3-5-18(16)13-19/h6-11,13-14,20H,3-5,12H2,1-2H3. The Bertz CT molecular complexity index is 583. The van der Waals surface area contributed by atoms with Crippen LogP contribution in [0.2, 0.25) is 0 Å². The van der Waals surface area contributed by atoms with Crippen LogP contribution in [0, 0.1) is 0 Å². The molecule has 0 saturated heterocycles. The maximum Gasteiger partial charge on any atom is 0.00761 e. The molecule has 1 heteroatoms.